The van der Waals surface area contributed by atoms with Gasteiger partial charge in [0.2, 0.25) is 0 Å². The quantitative estimate of drug-likeness (QED) is 0.913. The molecule has 0 radical (unpaired) electrons. The molecule has 0 amide bonds. The maximum Gasteiger partial charge on any atom is 0.137 e. The summed E-state index contributed by atoms with van der Waals surface area (Å²) in [6.45, 7) is 3.12. The van der Waals surface area contributed by atoms with Gasteiger partial charge in [0.15, 0.2) is 0 Å². The van der Waals surface area contributed by atoms with Crippen LogP contribution in [0.4, 0.5) is 5.69 Å². The highest BCUT2D eigenvalue weighted by Gasteiger charge is 2.27. The molecular weight excluding hydrogens is 248 g/mol. The van der Waals surface area contributed by atoms with E-state index in [0.717, 1.165) is 25.1 Å². The molecule has 0 heterocycles. The predicted octanol–water partition coefficient (Wildman–Crippen LogP) is 2.83. The third-order valence-electron chi connectivity index (χ3n) is 3.69. The van der Waals surface area contributed by atoms with Crippen molar-refractivity contribution in [1.29, 1.82) is 0 Å². The lowest BCUT2D eigenvalue weighted by atomic mass is 9.80. The molecule has 1 saturated carbocycles. The molecule has 0 unspecified atom stereocenters. The number of aryl methyl sites for hydroxylation is 1. The zero-order chi connectivity index (χ0) is 13.3. The van der Waals surface area contributed by atoms with Crippen molar-refractivity contribution < 1.29 is 4.74 Å². The number of nitrogens with zero attached hydrogens (tertiary/aromatic N) is 1. The van der Waals surface area contributed by atoms with E-state index in [1.54, 1.807) is 7.11 Å². The summed E-state index contributed by atoms with van der Waals surface area (Å²) in [5.41, 5.74) is 8.17. The third kappa shape index (κ3) is 2.73. The molecule has 1 aromatic rings. The van der Waals surface area contributed by atoms with Crippen LogP contribution < -0.4 is 15.4 Å². The Morgan fingerprint density at radius 3 is 2.67 bits per heavy atom. The van der Waals surface area contributed by atoms with Gasteiger partial charge in [-0.3, -0.25) is 0 Å². The van der Waals surface area contributed by atoms with Crippen molar-refractivity contribution in [3.05, 3.63) is 22.7 Å². The Bertz CT molecular complexity index is 430. The van der Waals surface area contributed by atoms with Crippen LogP contribution >= 0.6 is 11.6 Å². The highest BCUT2D eigenvalue weighted by atomic mass is 35.5. The van der Waals surface area contributed by atoms with Gasteiger partial charge in [0, 0.05) is 25.3 Å². The highest BCUT2D eigenvalue weighted by Crippen LogP contribution is 2.34. The first-order chi connectivity index (χ1) is 8.51. The molecule has 2 N–H and O–H groups in total. The first-order valence-corrected chi connectivity index (χ1v) is 6.70. The molecule has 18 heavy (non-hydrogen) atoms. The Kier molecular flexibility index (Phi) is 4.03. The van der Waals surface area contributed by atoms with E-state index in [0.29, 0.717) is 17.0 Å². The largest absolute Gasteiger partial charge is 0.495 e. The summed E-state index contributed by atoms with van der Waals surface area (Å²) in [5.74, 6) is 1.45. The Hall–Kier alpha value is -0.930. The fourth-order valence-electron chi connectivity index (χ4n) is 2.63. The number of benzene rings is 1. The van der Waals surface area contributed by atoms with E-state index in [-0.39, 0.29) is 0 Å². The molecule has 1 aromatic carbocycles. The Balaban J connectivity index is 2.09. The van der Waals surface area contributed by atoms with Gasteiger partial charge in [0.05, 0.1) is 12.1 Å². The summed E-state index contributed by atoms with van der Waals surface area (Å²) in [7, 11) is 3.74. The monoisotopic (exact) mass is 268 g/mol. The fraction of sp³-hybridized carbons (Fsp3) is 0.571. The van der Waals surface area contributed by atoms with E-state index in [2.05, 4.69) is 18.9 Å². The number of nitrogens with two attached hydrogens (primary N) is 1. The minimum atomic E-state index is 0.406. The van der Waals surface area contributed by atoms with Crippen molar-refractivity contribution in [3.63, 3.8) is 0 Å². The standard InChI is InChI=1S/C14H21ClN2O/c1-9-4-14(18-3)12(15)7-13(9)17(2)8-10-5-11(16)6-10/h4,7,10-11H,5-6,8,16H2,1-3H3. The lowest BCUT2D eigenvalue weighted by molar-refractivity contribution is 0.271. The molecule has 0 atom stereocenters. The van der Waals surface area contributed by atoms with E-state index in [4.69, 9.17) is 22.1 Å². The van der Waals surface area contributed by atoms with E-state index < -0.39 is 0 Å². The Morgan fingerprint density at radius 2 is 2.11 bits per heavy atom. The first kappa shape index (κ1) is 13.5. The summed E-state index contributed by atoms with van der Waals surface area (Å²) >= 11 is 6.18. The van der Waals surface area contributed by atoms with Crippen LogP contribution in [0, 0.1) is 12.8 Å². The van der Waals surface area contributed by atoms with Crippen molar-refractivity contribution in [2.75, 3.05) is 25.6 Å². The molecular formula is C14H21ClN2O. The van der Waals surface area contributed by atoms with Crippen LogP contribution in [0.5, 0.6) is 5.75 Å². The number of halogens is 1. The van der Waals surface area contributed by atoms with Crippen LogP contribution in [0.3, 0.4) is 0 Å². The zero-order valence-corrected chi connectivity index (χ0v) is 12.0. The first-order valence-electron chi connectivity index (χ1n) is 6.32. The lowest BCUT2D eigenvalue weighted by Gasteiger charge is -2.36. The number of ether oxygens (including phenoxy) is 1. The van der Waals surface area contributed by atoms with Crippen LogP contribution in [-0.4, -0.2) is 26.7 Å². The molecule has 0 bridgehead atoms. The third-order valence-corrected chi connectivity index (χ3v) is 3.98. The number of anilines is 1. The van der Waals surface area contributed by atoms with Gasteiger partial charge in [0.25, 0.3) is 0 Å². The van der Waals surface area contributed by atoms with Crippen molar-refractivity contribution >= 4 is 17.3 Å². The Labute approximate surface area is 114 Å². The van der Waals surface area contributed by atoms with E-state index in [9.17, 15) is 0 Å². The maximum absolute atomic E-state index is 6.18. The number of hydrogen-bond acceptors (Lipinski definition) is 3. The molecule has 0 saturated heterocycles. The molecule has 4 heteroatoms. The molecule has 0 aromatic heterocycles. The SMILES string of the molecule is COc1cc(C)c(N(C)CC2CC(N)C2)cc1Cl. The second-order valence-corrected chi connectivity index (χ2v) is 5.66. The molecule has 2 rings (SSSR count). The van der Waals surface area contributed by atoms with Crippen LogP contribution in [0.25, 0.3) is 0 Å². The average Bonchev–Trinajstić information content (AvgIpc) is 2.29. The van der Waals surface area contributed by atoms with Gasteiger partial charge in [-0.1, -0.05) is 11.6 Å². The van der Waals surface area contributed by atoms with Gasteiger partial charge in [-0.05, 0) is 43.4 Å². The number of methoxy groups -OCH3 is 1. The van der Waals surface area contributed by atoms with E-state index in [1.165, 1.54) is 11.3 Å². The lowest BCUT2D eigenvalue weighted by Crippen LogP contribution is -2.42. The molecule has 1 fully saturated rings. The van der Waals surface area contributed by atoms with Crippen molar-refractivity contribution in [3.8, 4) is 5.75 Å². The summed E-state index contributed by atoms with van der Waals surface area (Å²) < 4.78 is 5.22. The van der Waals surface area contributed by atoms with Crippen LogP contribution in [0.2, 0.25) is 5.02 Å². The summed E-state index contributed by atoms with van der Waals surface area (Å²) in [5, 5.41) is 0.662. The normalized spacial score (nSPS) is 22.5. The maximum atomic E-state index is 6.18. The minimum absolute atomic E-state index is 0.406. The van der Waals surface area contributed by atoms with Crippen LogP contribution in [0.1, 0.15) is 18.4 Å². The second-order valence-electron chi connectivity index (χ2n) is 5.25. The molecule has 1 aliphatic rings. The van der Waals surface area contributed by atoms with E-state index >= 15 is 0 Å². The molecule has 3 nitrogen and oxygen atoms in total. The summed E-state index contributed by atoms with van der Waals surface area (Å²) in [4.78, 5) is 2.26. The van der Waals surface area contributed by atoms with Crippen molar-refractivity contribution in [1.82, 2.24) is 0 Å². The highest BCUT2D eigenvalue weighted by molar-refractivity contribution is 6.32. The van der Waals surface area contributed by atoms with Gasteiger partial charge in [0.1, 0.15) is 5.75 Å². The fourth-order valence-corrected chi connectivity index (χ4v) is 2.87. The van der Waals surface area contributed by atoms with Crippen LogP contribution in [0.15, 0.2) is 12.1 Å². The van der Waals surface area contributed by atoms with Gasteiger partial charge < -0.3 is 15.4 Å². The summed E-state index contributed by atoms with van der Waals surface area (Å²) in [6, 6.07) is 4.37. The molecule has 0 spiro atoms. The molecule has 0 aliphatic heterocycles. The summed E-state index contributed by atoms with van der Waals surface area (Å²) in [6.07, 6.45) is 2.26. The number of hydrogen-bond donors (Lipinski definition) is 1. The second kappa shape index (κ2) is 5.37. The zero-order valence-electron chi connectivity index (χ0n) is 11.2. The van der Waals surface area contributed by atoms with Crippen molar-refractivity contribution in [2.45, 2.75) is 25.8 Å². The van der Waals surface area contributed by atoms with Crippen LogP contribution in [-0.2, 0) is 0 Å². The van der Waals surface area contributed by atoms with E-state index in [1.807, 2.05) is 12.1 Å². The molecule has 1 aliphatic carbocycles. The van der Waals surface area contributed by atoms with Crippen molar-refractivity contribution in [2.24, 2.45) is 11.7 Å². The van der Waals surface area contributed by atoms with Gasteiger partial charge in [-0.2, -0.15) is 0 Å². The average molecular weight is 269 g/mol. The molecule has 100 valence electrons. The smallest absolute Gasteiger partial charge is 0.137 e. The topological polar surface area (TPSA) is 38.5 Å². The minimum Gasteiger partial charge on any atom is -0.495 e. The van der Waals surface area contributed by atoms with Gasteiger partial charge in [-0.15, -0.1) is 0 Å². The van der Waals surface area contributed by atoms with Gasteiger partial charge in [-0.25, -0.2) is 0 Å². The van der Waals surface area contributed by atoms with Gasteiger partial charge >= 0.3 is 0 Å². The Morgan fingerprint density at radius 1 is 1.44 bits per heavy atom. The number of rotatable bonds is 4. The predicted molar refractivity (Wildman–Crippen MR) is 76.7 cm³/mol.